The predicted molar refractivity (Wildman–Crippen MR) is 111 cm³/mol. The van der Waals surface area contributed by atoms with Crippen LogP contribution in [0.25, 0.3) is 0 Å². The van der Waals surface area contributed by atoms with E-state index in [0.29, 0.717) is 24.3 Å². The van der Waals surface area contributed by atoms with E-state index < -0.39 is 0 Å². The highest BCUT2D eigenvalue weighted by atomic mass is 16.2. The smallest absolute Gasteiger partial charge is 0.326 e. The number of anilines is 1. The molecule has 1 aromatic carbocycles. The van der Waals surface area contributed by atoms with E-state index in [-0.39, 0.29) is 11.9 Å². The van der Waals surface area contributed by atoms with Crippen LogP contribution in [0, 0.1) is 0 Å². The van der Waals surface area contributed by atoms with Crippen molar-refractivity contribution in [2.45, 2.75) is 6.42 Å². The van der Waals surface area contributed by atoms with Crippen LogP contribution in [0.15, 0.2) is 84.6 Å². The van der Waals surface area contributed by atoms with Gasteiger partial charge in [-0.05, 0) is 59.5 Å². The lowest BCUT2D eigenvalue weighted by atomic mass is 10.1. The number of dihydropyridines is 1. The molecule has 0 aliphatic carbocycles. The number of nitrogens with one attached hydrogen (secondary N) is 3. The number of aromatic nitrogens is 1. The van der Waals surface area contributed by atoms with Gasteiger partial charge in [-0.15, -0.1) is 0 Å². The molecule has 1 aromatic heterocycles. The molecule has 2 aliphatic rings. The van der Waals surface area contributed by atoms with Crippen LogP contribution in [-0.4, -0.2) is 34.9 Å². The summed E-state index contributed by atoms with van der Waals surface area (Å²) in [6, 6.07) is 10.5. The lowest BCUT2D eigenvalue weighted by Crippen LogP contribution is -2.29. The van der Waals surface area contributed by atoms with E-state index in [1.807, 2.05) is 36.8 Å². The Morgan fingerprint density at radius 3 is 2.79 bits per heavy atom. The van der Waals surface area contributed by atoms with E-state index >= 15 is 0 Å². The number of allylic oxidation sites excluding steroid dienone is 1. The molecule has 2 aromatic rings. The zero-order valence-corrected chi connectivity index (χ0v) is 15.8. The second-order valence-electron chi connectivity index (χ2n) is 6.76. The molecule has 3 amide bonds. The first-order valence-corrected chi connectivity index (χ1v) is 9.38. The summed E-state index contributed by atoms with van der Waals surface area (Å²) in [6.45, 7) is 1.06. The second-order valence-corrected chi connectivity index (χ2v) is 6.76. The minimum atomic E-state index is -0.213. The molecule has 0 fully saturated rings. The summed E-state index contributed by atoms with van der Waals surface area (Å²) < 4.78 is 0. The number of hydrogen-bond acceptors (Lipinski definition) is 4. The van der Waals surface area contributed by atoms with Gasteiger partial charge in [-0.2, -0.15) is 0 Å². The molecule has 0 unspecified atom stereocenters. The molecular formula is C22H21N5O2. The Morgan fingerprint density at radius 1 is 1.17 bits per heavy atom. The Hall–Kier alpha value is -3.87. The highest BCUT2D eigenvalue weighted by molar-refractivity contribution is 5.95. The number of benzene rings is 1. The molecule has 0 bridgehead atoms. The maximum absolute atomic E-state index is 12.5. The topological polar surface area (TPSA) is 86.4 Å². The summed E-state index contributed by atoms with van der Waals surface area (Å²) in [6.07, 6.45) is 11.7. The van der Waals surface area contributed by atoms with Crippen LogP contribution < -0.4 is 16.0 Å². The summed E-state index contributed by atoms with van der Waals surface area (Å²) >= 11 is 0. The van der Waals surface area contributed by atoms with E-state index in [2.05, 4.69) is 20.9 Å². The van der Waals surface area contributed by atoms with Gasteiger partial charge in [0, 0.05) is 48.8 Å². The van der Waals surface area contributed by atoms with Gasteiger partial charge in [0.25, 0.3) is 5.91 Å². The minimum Gasteiger partial charge on any atom is -0.367 e. The molecule has 29 heavy (non-hydrogen) atoms. The maximum atomic E-state index is 12.5. The fourth-order valence-corrected chi connectivity index (χ4v) is 3.14. The van der Waals surface area contributed by atoms with E-state index in [1.54, 1.807) is 41.6 Å². The van der Waals surface area contributed by atoms with Crippen molar-refractivity contribution >= 4 is 17.6 Å². The molecule has 3 heterocycles. The Morgan fingerprint density at radius 2 is 2.03 bits per heavy atom. The number of pyridine rings is 1. The predicted octanol–water partition coefficient (Wildman–Crippen LogP) is 2.79. The number of rotatable bonds is 5. The molecule has 0 saturated carbocycles. The van der Waals surface area contributed by atoms with Crippen LogP contribution in [0.3, 0.4) is 0 Å². The fourth-order valence-electron chi connectivity index (χ4n) is 3.14. The highest BCUT2D eigenvalue weighted by Crippen LogP contribution is 2.24. The summed E-state index contributed by atoms with van der Waals surface area (Å²) in [5, 5.41) is 8.77. The molecule has 7 heteroatoms. The molecule has 2 aliphatic heterocycles. The third-order valence-electron chi connectivity index (χ3n) is 4.70. The summed E-state index contributed by atoms with van der Waals surface area (Å²) in [7, 11) is 0. The van der Waals surface area contributed by atoms with Crippen molar-refractivity contribution in [1.82, 2.24) is 20.5 Å². The quantitative estimate of drug-likeness (QED) is 0.736. The van der Waals surface area contributed by atoms with E-state index in [4.69, 9.17) is 0 Å². The zero-order valence-electron chi connectivity index (χ0n) is 15.8. The van der Waals surface area contributed by atoms with Crippen molar-refractivity contribution in [2.24, 2.45) is 0 Å². The van der Waals surface area contributed by atoms with Crippen LogP contribution in [0.2, 0.25) is 0 Å². The van der Waals surface area contributed by atoms with Crippen LogP contribution in [0.4, 0.5) is 10.5 Å². The number of carbonyl (C=O) groups is 2. The molecule has 3 N–H and O–H groups in total. The summed E-state index contributed by atoms with van der Waals surface area (Å²) in [4.78, 5) is 30.4. The first-order chi connectivity index (χ1) is 14.2. The Balaban J connectivity index is 1.28. The zero-order chi connectivity index (χ0) is 20.1. The van der Waals surface area contributed by atoms with Crippen molar-refractivity contribution in [1.29, 1.82) is 0 Å². The van der Waals surface area contributed by atoms with Gasteiger partial charge in [-0.3, -0.25) is 14.7 Å². The van der Waals surface area contributed by atoms with E-state index in [0.717, 1.165) is 23.1 Å². The summed E-state index contributed by atoms with van der Waals surface area (Å²) in [5.74, 6) is -0.147. The average molecular weight is 387 g/mol. The fraction of sp³-hybridized carbons (Fsp3) is 0.136. The number of amides is 3. The molecule has 0 radical (unpaired) electrons. The Kier molecular flexibility index (Phi) is 5.38. The monoisotopic (exact) mass is 387 g/mol. The molecule has 146 valence electrons. The van der Waals surface area contributed by atoms with Crippen molar-refractivity contribution < 1.29 is 9.59 Å². The first-order valence-electron chi connectivity index (χ1n) is 9.38. The van der Waals surface area contributed by atoms with Crippen molar-refractivity contribution in [2.75, 3.05) is 18.4 Å². The van der Waals surface area contributed by atoms with Crippen molar-refractivity contribution in [3.05, 3.63) is 95.7 Å². The average Bonchev–Trinajstić information content (AvgIpc) is 3.19. The Labute approximate surface area is 168 Å². The molecule has 7 nitrogen and oxygen atoms in total. The molecule has 4 rings (SSSR count). The van der Waals surface area contributed by atoms with Gasteiger partial charge in [0.2, 0.25) is 0 Å². The molecule has 0 atom stereocenters. The van der Waals surface area contributed by atoms with E-state index in [9.17, 15) is 9.59 Å². The number of urea groups is 1. The van der Waals surface area contributed by atoms with Crippen LogP contribution in [0.5, 0.6) is 0 Å². The largest absolute Gasteiger partial charge is 0.367 e. The minimum absolute atomic E-state index is 0.147. The van der Waals surface area contributed by atoms with Gasteiger partial charge in [0.05, 0.1) is 6.54 Å². The van der Waals surface area contributed by atoms with Crippen LogP contribution >= 0.6 is 0 Å². The van der Waals surface area contributed by atoms with Gasteiger partial charge < -0.3 is 16.0 Å². The standard InChI is InChI=1S/C22H21N5O2/c28-21(25-11-7-16-2-1-9-23-12-16)17-3-5-20(6-4-17)26-22(29)27-14-18-8-10-24-13-19(18)15-27/h1-6,8-10,12-14,24H,7,11,15H2,(H,25,28)(H,26,29). The normalized spacial score (nSPS) is 14.4. The van der Waals surface area contributed by atoms with E-state index in [1.165, 1.54) is 0 Å². The van der Waals surface area contributed by atoms with Gasteiger partial charge in [-0.1, -0.05) is 6.07 Å². The summed E-state index contributed by atoms with van der Waals surface area (Å²) in [5.41, 5.74) is 4.35. The first kappa shape index (κ1) is 18.5. The molecule has 0 saturated heterocycles. The highest BCUT2D eigenvalue weighted by Gasteiger charge is 2.22. The second kappa shape index (κ2) is 8.43. The third-order valence-corrected chi connectivity index (χ3v) is 4.70. The Bertz CT molecular complexity index is 994. The van der Waals surface area contributed by atoms with Crippen molar-refractivity contribution in [3.8, 4) is 0 Å². The third kappa shape index (κ3) is 4.52. The lowest BCUT2D eigenvalue weighted by Gasteiger charge is -2.15. The SMILES string of the molecule is O=C(NCCc1cccnc1)c1ccc(NC(=O)N2C=C3C=CNC=C3C2)cc1. The van der Waals surface area contributed by atoms with Crippen LogP contribution in [-0.2, 0) is 6.42 Å². The number of nitrogens with zero attached hydrogens (tertiary/aromatic N) is 2. The lowest BCUT2D eigenvalue weighted by molar-refractivity contribution is 0.0954. The van der Waals surface area contributed by atoms with Crippen molar-refractivity contribution in [3.63, 3.8) is 0 Å². The number of fused-ring (bicyclic) bond motifs is 1. The van der Waals surface area contributed by atoms with Gasteiger partial charge in [0.15, 0.2) is 0 Å². The van der Waals surface area contributed by atoms with Gasteiger partial charge in [0.1, 0.15) is 0 Å². The molecular weight excluding hydrogens is 366 g/mol. The maximum Gasteiger partial charge on any atom is 0.326 e. The van der Waals surface area contributed by atoms with Gasteiger partial charge in [-0.25, -0.2) is 4.79 Å². The molecule has 0 spiro atoms. The van der Waals surface area contributed by atoms with Gasteiger partial charge >= 0.3 is 6.03 Å². The number of carbonyl (C=O) groups excluding carboxylic acids is 2. The van der Waals surface area contributed by atoms with Crippen LogP contribution in [0.1, 0.15) is 15.9 Å². The number of hydrogen-bond donors (Lipinski definition) is 3.